The molecule has 0 radical (unpaired) electrons. The molecule has 1 unspecified atom stereocenters. The fraction of sp³-hybridized carbons (Fsp3) is 0.200. The highest BCUT2D eigenvalue weighted by atomic mass is 79.9. The molecule has 2 aromatic carbocycles. The number of nitrogens with one attached hydrogen (secondary N) is 1. The predicted molar refractivity (Wildman–Crippen MR) is 88.7 cm³/mol. The van der Waals surface area contributed by atoms with E-state index < -0.39 is 11.9 Å². The maximum absolute atomic E-state index is 14.3. The van der Waals surface area contributed by atoms with Crippen LogP contribution >= 0.6 is 43.5 Å². The van der Waals surface area contributed by atoms with E-state index in [2.05, 4.69) is 37.2 Å². The largest absolute Gasteiger partial charge is 0.306 e. The minimum absolute atomic E-state index is 0.372. The first-order valence-electron chi connectivity index (χ1n) is 6.26. The standard InChI is InChI=1S/C15H12Br2ClF2N/c1-2-21-15(9-5-8(19)3-4-11(9)16)10-6-13(18)12(17)7-14(10)20/h3-7,15,21H,2H2,1H3. The molecule has 0 saturated heterocycles. The highest BCUT2D eigenvalue weighted by molar-refractivity contribution is 9.10. The lowest BCUT2D eigenvalue weighted by molar-refractivity contribution is 0.553. The Kier molecular flexibility index (Phi) is 5.77. The molecule has 0 saturated carbocycles. The Hall–Kier alpha value is -0.490. The average Bonchev–Trinajstić information content (AvgIpc) is 2.43. The van der Waals surface area contributed by atoms with Crippen LogP contribution < -0.4 is 5.32 Å². The van der Waals surface area contributed by atoms with Gasteiger partial charge in [-0.1, -0.05) is 34.5 Å². The van der Waals surface area contributed by atoms with Crippen LogP contribution in [0.1, 0.15) is 24.1 Å². The van der Waals surface area contributed by atoms with Crippen LogP contribution in [0.25, 0.3) is 0 Å². The summed E-state index contributed by atoms with van der Waals surface area (Å²) in [5.41, 5.74) is 0.991. The maximum Gasteiger partial charge on any atom is 0.129 e. The molecule has 0 aliphatic heterocycles. The van der Waals surface area contributed by atoms with E-state index in [1.54, 1.807) is 12.1 Å². The van der Waals surface area contributed by atoms with Gasteiger partial charge in [0.25, 0.3) is 0 Å². The SMILES string of the molecule is CCNC(c1cc(Cl)c(Br)cc1F)c1cc(F)ccc1Br. The van der Waals surface area contributed by atoms with Crippen molar-refractivity contribution in [3.8, 4) is 0 Å². The zero-order chi connectivity index (χ0) is 15.6. The van der Waals surface area contributed by atoms with Gasteiger partial charge in [-0.3, -0.25) is 0 Å². The van der Waals surface area contributed by atoms with Crippen LogP contribution in [0.15, 0.2) is 39.3 Å². The Morgan fingerprint density at radius 1 is 1.10 bits per heavy atom. The van der Waals surface area contributed by atoms with E-state index in [4.69, 9.17) is 11.6 Å². The lowest BCUT2D eigenvalue weighted by Gasteiger charge is -2.21. The first-order chi connectivity index (χ1) is 9.93. The van der Waals surface area contributed by atoms with Crippen molar-refractivity contribution < 1.29 is 8.78 Å². The summed E-state index contributed by atoms with van der Waals surface area (Å²) in [6, 6.07) is 6.70. The molecule has 0 heterocycles. The van der Waals surface area contributed by atoms with Gasteiger partial charge in [0.1, 0.15) is 11.6 Å². The van der Waals surface area contributed by atoms with E-state index in [0.717, 1.165) is 0 Å². The Bertz CT molecular complexity index is 664. The van der Waals surface area contributed by atoms with Gasteiger partial charge in [0.05, 0.1) is 11.1 Å². The minimum atomic E-state index is -0.495. The third-order valence-corrected chi connectivity index (χ3v) is 4.95. The summed E-state index contributed by atoms with van der Waals surface area (Å²) in [7, 11) is 0. The van der Waals surface area contributed by atoms with E-state index in [0.29, 0.717) is 31.6 Å². The molecule has 0 aliphatic carbocycles. The highest BCUT2D eigenvalue weighted by Gasteiger charge is 2.21. The summed E-state index contributed by atoms with van der Waals surface area (Å²) in [4.78, 5) is 0. The zero-order valence-corrected chi connectivity index (χ0v) is 15.0. The zero-order valence-electron chi connectivity index (χ0n) is 11.1. The second-order valence-electron chi connectivity index (χ2n) is 4.44. The number of benzene rings is 2. The van der Waals surface area contributed by atoms with Crippen molar-refractivity contribution in [2.75, 3.05) is 6.54 Å². The first kappa shape index (κ1) is 16.9. The molecular weight excluding hydrogens is 427 g/mol. The van der Waals surface area contributed by atoms with Gasteiger partial charge in [-0.2, -0.15) is 0 Å². The maximum atomic E-state index is 14.3. The molecule has 1 atom stereocenters. The van der Waals surface area contributed by atoms with Crippen molar-refractivity contribution in [3.63, 3.8) is 0 Å². The van der Waals surface area contributed by atoms with Crippen LogP contribution in [0.3, 0.4) is 0 Å². The number of hydrogen-bond donors (Lipinski definition) is 1. The van der Waals surface area contributed by atoms with E-state index in [1.165, 1.54) is 18.2 Å². The molecule has 1 nitrogen and oxygen atoms in total. The van der Waals surface area contributed by atoms with Crippen LogP contribution in [0.5, 0.6) is 0 Å². The summed E-state index contributed by atoms with van der Waals surface area (Å²) in [6.45, 7) is 2.50. The summed E-state index contributed by atoms with van der Waals surface area (Å²) in [5, 5.41) is 3.56. The molecule has 2 rings (SSSR count). The number of rotatable bonds is 4. The summed E-state index contributed by atoms with van der Waals surface area (Å²) in [6.07, 6.45) is 0. The Morgan fingerprint density at radius 3 is 2.48 bits per heavy atom. The molecule has 21 heavy (non-hydrogen) atoms. The first-order valence-corrected chi connectivity index (χ1v) is 8.23. The van der Waals surface area contributed by atoms with Gasteiger partial charge in [-0.25, -0.2) is 8.78 Å². The topological polar surface area (TPSA) is 12.0 Å². The van der Waals surface area contributed by atoms with E-state index in [9.17, 15) is 8.78 Å². The summed E-state index contributed by atoms with van der Waals surface area (Å²) in [5.74, 6) is -0.784. The molecule has 2 aromatic rings. The lowest BCUT2D eigenvalue weighted by Crippen LogP contribution is -2.23. The molecule has 112 valence electrons. The van der Waals surface area contributed by atoms with Gasteiger partial charge in [-0.15, -0.1) is 0 Å². The van der Waals surface area contributed by atoms with Crippen molar-refractivity contribution in [2.45, 2.75) is 13.0 Å². The van der Waals surface area contributed by atoms with Crippen molar-refractivity contribution in [1.29, 1.82) is 0 Å². The third kappa shape index (κ3) is 3.83. The van der Waals surface area contributed by atoms with Crippen LogP contribution in [-0.2, 0) is 0 Å². The fourth-order valence-electron chi connectivity index (χ4n) is 2.09. The van der Waals surface area contributed by atoms with Crippen LogP contribution in [0.2, 0.25) is 5.02 Å². The molecule has 6 heteroatoms. The summed E-state index contributed by atoms with van der Waals surface area (Å²) >= 11 is 12.6. The van der Waals surface area contributed by atoms with E-state index in [1.807, 2.05) is 6.92 Å². The van der Waals surface area contributed by atoms with Gasteiger partial charge in [0, 0.05) is 14.5 Å². The average molecular weight is 440 g/mol. The van der Waals surface area contributed by atoms with Crippen molar-refractivity contribution in [1.82, 2.24) is 5.32 Å². The molecule has 0 spiro atoms. The normalized spacial score (nSPS) is 12.5. The van der Waals surface area contributed by atoms with E-state index >= 15 is 0 Å². The van der Waals surface area contributed by atoms with Gasteiger partial charge in [-0.05, 0) is 58.4 Å². The van der Waals surface area contributed by atoms with Gasteiger partial charge >= 0.3 is 0 Å². The number of halogens is 5. The van der Waals surface area contributed by atoms with Crippen molar-refractivity contribution >= 4 is 43.5 Å². The summed E-state index contributed by atoms with van der Waals surface area (Å²) < 4.78 is 29.0. The fourth-order valence-corrected chi connectivity index (χ4v) is 3.05. The Labute approximate surface area is 144 Å². The molecular formula is C15H12Br2ClF2N. The third-order valence-electron chi connectivity index (χ3n) is 3.03. The Morgan fingerprint density at radius 2 is 1.81 bits per heavy atom. The molecule has 0 fully saturated rings. The lowest BCUT2D eigenvalue weighted by atomic mass is 9.98. The van der Waals surface area contributed by atoms with Crippen LogP contribution in [0.4, 0.5) is 8.78 Å². The van der Waals surface area contributed by atoms with Gasteiger partial charge in [0.15, 0.2) is 0 Å². The van der Waals surface area contributed by atoms with Gasteiger partial charge < -0.3 is 5.32 Å². The molecule has 0 aromatic heterocycles. The highest BCUT2D eigenvalue weighted by Crippen LogP contribution is 2.34. The smallest absolute Gasteiger partial charge is 0.129 e. The quantitative estimate of drug-likeness (QED) is 0.590. The number of hydrogen-bond acceptors (Lipinski definition) is 1. The molecule has 1 N–H and O–H groups in total. The molecule has 0 amide bonds. The minimum Gasteiger partial charge on any atom is -0.306 e. The molecule has 0 aliphatic rings. The van der Waals surface area contributed by atoms with Crippen molar-refractivity contribution in [2.24, 2.45) is 0 Å². The second-order valence-corrected chi connectivity index (χ2v) is 6.56. The van der Waals surface area contributed by atoms with Gasteiger partial charge in [0.2, 0.25) is 0 Å². The molecule has 0 bridgehead atoms. The second kappa shape index (κ2) is 7.18. The predicted octanol–water partition coefficient (Wildman–Crippen LogP) is 5.84. The van der Waals surface area contributed by atoms with Crippen molar-refractivity contribution in [3.05, 3.63) is 67.1 Å². The monoisotopic (exact) mass is 437 g/mol. The van der Waals surface area contributed by atoms with Crippen LogP contribution in [-0.4, -0.2) is 6.54 Å². The van der Waals surface area contributed by atoms with E-state index in [-0.39, 0.29) is 5.82 Å². The van der Waals surface area contributed by atoms with Crippen LogP contribution in [0, 0.1) is 11.6 Å². The Balaban J connectivity index is 2.58.